The monoisotopic (exact) mass is 881 g/mol. The zero-order valence-corrected chi connectivity index (χ0v) is 35.1. The molecule has 334 valence electrons. The van der Waals surface area contributed by atoms with Gasteiger partial charge in [0.25, 0.3) is 5.91 Å². The van der Waals surface area contributed by atoms with Crippen molar-refractivity contribution in [3.05, 3.63) is 36.5 Å². The molecule has 0 radical (unpaired) electrons. The van der Waals surface area contributed by atoms with Crippen molar-refractivity contribution < 1.29 is 64.1 Å². The van der Waals surface area contributed by atoms with E-state index in [4.69, 9.17) is 18.9 Å². The quantitative estimate of drug-likeness (QED) is 0.227. The van der Waals surface area contributed by atoms with Crippen LogP contribution in [0.2, 0.25) is 0 Å². The minimum Gasteiger partial charge on any atom is -0.486 e. The van der Waals surface area contributed by atoms with Crippen LogP contribution < -0.4 is 29.6 Å². The van der Waals surface area contributed by atoms with Gasteiger partial charge >= 0.3 is 12.3 Å². The first-order valence-corrected chi connectivity index (χ1v) is 22.0. The van der Waals surface area contributed by atoms with E-state index in [1.54, 1.807) is 31.2 Å². The summed E-state index contributed by atoms with van der Waals surface area (Å²) in [5.74, 6) is -2.91. The van der Waals surface area contributed by atoms with Gasteiger partial charge in [-0.05, 0) is 82.4 Å². The third-order valence-corrected chi connectivity index (χ3v) is 14.7. The van der Waals surface area contributed by atoms with Gasteiger partial charge in [0.15, 0.2) is 11.5 Å². The lowest BCUT2D eigenvalue weighted by atomic mass is 9.85. The van der Waals surface area contributed by atoms with Crippen molar-refractivity contribution in [2.45, 2.75) is 119 Å². The lowest BCUT2D eigenvalue weighted by Gasteiger charge is -2.35. The lowest BCUT2D eigenvalue weighted by Crippen LogP contribution is -2.60. The number of carbonyl (C=O) groups is 4. The molecular formula is C41H51F4N5O10S. The van der Waals surface area contributed by atoms with Crippen LogP contribution in [-0.2, 0) is 29.1 Å². The molecule has 1 saturated heterocycles. The van der Waals surface area contributed by atoms with E-state index in [1.165, 1.54) is 6.20 Å². The van der Waals surface area contributed by atoms with Crippen LogP contribution in [0.15, 0.2) is 36.5 Å². The number of halogens is 4. The number of nitrogens with zero attached hydrogens (tertiary/aromatic N) is 2. The van der Waals surface area contributed by atoms with Crippen LogP contribution in [0.3, 0.4) is 0 Å². The maximum absolute atomic E-state index is 14.9. The number of sulfonamides is 1. The van der Waals surface area contributed by atoms with E-state index >= 15 is 0 Å². The molecule has 3 fully saturated rings. The Morgan fingerprint density at radius 1 is 1.08 bits per heavy atom. The van der Waals surface area contributed by atoms with Crippen LogP contribution in [0.4, 0.5) is 22.4 Å². The van der Waals surface area contributed by atoms with Crippen molar-refractivity contribution in [1.29, 1.82) is 0 Å². The maximum Gasteiger partial charge on any atom is 0.427 e. The summed E-state index contributed by atoms with van der Waals surface area (Å²) < 4.78 is 105. The zero-order valence-electron chi connectivity index (χ0n) is 34.3. The molecule has 2 aromatic rings. The molecule has 0 bridgehead atoms. The highest BCUT2D eigenvalue weighted by molar-refractivity contribution is 7.91. The minimum absolute atomic E-state index is 0.00825. The molecule has 15 nitrogen and oxygen atoms in total. The van der Waals surface area contributed by atoms with E-state index in [2.05, 4.69) is 15.6 Å². The molecule has 1 unspecified atom stereocenters. The van der Waals surface area contributed by atoms with E-state index in [-0.39, 0.29) is 44.0 Å². The molecular weight excluding hydrogens is 831 g/mol. The Morgan fingerprint density at radius 3 is 2.51 bits per heavy atom. The highest BCUT2D eigenvalue weighted by Crippen LogP contribution is 2.48. The summed E-state index contributed by atoms with van der Waals surface area (Å²) >= 11 is 0. The van der Waals surface area contributed by atoms with Crippen LogP contribution in [-0.4, -0.2) is 109 Å². The number of fused-ring (bicyclic) bond motifs is 5. The van der Waals surface area contributed by atoms with Crippen LogP contribution in [0.5, 0.6) is 17.4 Å². The number of pyridine rings is 1. The summed E-state index contributed by atoms with van der Waals surface area (Å²) in [5.41, 5.74) is -4.69. The lowest BCUT2D eigenvalue weighted by molar-refractivity contribution is -0.244. The van der Waals surface area contributed by atoms with Gasteiger partial charge in [-0.25, -0.2) is 22.6 Å². The number of hydrogen-bond donors (Lipinski definition) is 3. The number of alkyl carbamates (subject to hydrolysis) is 1. The number of ether oxygens (including phenoxy) is 4. The van der Waals surface area contributed by atoms with E-state index in [0.717, 1.165) is 4.90 Å². The number of aromatic nitrogens is 1. The number of allylic oxidation sites excluding steroid dienone is 1. The van der Waals surface area contributed by atoms with E-state index in [1.807, 2.05) is 17.7 Å². The smallest absolute Gasteiger partial charge is 0.427 e. The van der Waals surface area contributed by atoms with E-state index in [0.29, 0.717) is 75.0 Å². The Kier molecular flexibility index (Phi) is 11.9. The summed E-state index contributed by atoms with van der Waals surface area (Å²) in [6, 6.07) is 2.28. The van der Waals surface area contributed by atoms with Crippen molar-refractivity contribution in [2.75, 3.05) is 26.4 Å². The molecule has 4 heterocycles. The first-order chi connectivity index (χ1) is 28.7. The molecule has 1 aromatic heterocycles. The molecule has 61 heavy (non-hydrogen) atoms. The Balaban J connectivity index is 1.24. The van der Waals surface area contributed by atoms with Gasteiger partial charge in [-0.15, -0.1) is 0 Å². The highest BCUT2D eigenvalue weighted by Gasteiger charge is 2.64. The van der Waals surface area contributed by atoms with Crippen molar-refractivity contribution >= 4 is 44.6 Å². The molecule has 0 spiro atoms. The number of hydrogen-bond acceptors (Lipinski definition) is 11. The molecule has 2 saturated carbocycles. The molecule has 1 aromatic carbocycles. The average molecular weight is 882 g/mol. The Morgan fingerprint density at radius 2 is 1.82 bits per heavy atom. The Hall–Kier alpha value is -4.88. The first-order valence-electron chi connectivity index (χ1n) is 20.6. The molecule has 4 amide bonds. The number of nitrogens with one attached hydrogen (secondary N) is 3. The van der Waals surface area contributed by atoms with Gasteiger partial charge in [0.1, 0.15) is 48.4 Å². The molecule has 7 atom stereocenters. The molecule has 7 rings (SSSR count). The van der Waals surface area contributed by atoms with Gasteiger partial charge in [-0.2, -0.15) is 13.2 Å². The number of alkyl halides is 4. The van der Waals surface area contributed by atoms with Gasteiger partial charge in [-0.3, -0.25) is 19.1 Å². The van der Waals surface area contributed by atoms with Crippen LogP contribution >= 0.6 is 0 Å². The highest BCUT2D eigenvalue weighted by atomic mass is 32.2. The van der Waals surface area contributed by atoms with Gasteiger partial charge in [0.2, 0.25) is 33.3 Å². The Labute approximate surface area is 350 Å². The van der Waals surface area contributed by atoms with Gasteiger partial charge < -0.3 is 34.5 Å². The van der Waals surface area contributed by atoms with Crippen LogP contribution in [0, 0.1) is 17.8 Å². The van der Waals surface area contributed by atoms with Crippen molar-refractivity contribution in [1.82, 2.24) is 25.2 Å². The second-order valence-electron chi connectivity index (χ2n) is 17.3. The largest absolute Gasteiger partial charge is 0.486 e. The topological polar surface area (TPSA) is 192 Å². The van der Waals surface area contributed by atoms with E-state index < -0.39 is 92.6 Å². The summed E-state index contributed by atoms with van der Waals surface area (Å²) in [4.78, 5) is 62.4. The fraction of sp³-hybridized carbons (Fsp3) is 0.634. The summed E-state index contributed by atoms with van der Waals surface area (Å²) in [6.45, 7) is 4.29. The summed E-state index contributed by atoms with van der Waals surface area (Å²) in [5, 5.41) is 6.31. The first kappa shape index (κ1) is 44.2. The molecule has 2 aliphatic carbocycles. The van der Waals surface area contributed by atoms with Crippen molar-refractivity contribution in [2.24, 2.45) is 17.8 Å². The third kappa shape index (κ3) is 8.65. The molecule has 20 heteroatoms. The van der Waals surface area contributed by atoms with E-state index in [9.17, 15) is 45.2 Å². The van der Waals surface area contributed by atoms with Crippen molar-refractivity contribution in [3.8, 4) is 17.4 Å². The number of carbonyl (C=O) groups excluding carboxylic acids is 4. The van der Waals surface area contributed by atoms with Crippen molar-refractivity contribution in [3.63, 3.8) is 0 Å². The summed E-state index contributed by atoms with van der Waals surface area (Å²) in [6.07, 6.45) is -0.706. The second-order valence-corrected chi connectivity index (χ2v) is 19.4. The van der Waals surface area contributed by atoms with Crippen LogP contribution in [0.25, 0.3) is 10.8 Å². The normalized spacial score (nSPS) is 29.5. The SMILES string of the molecule is CC[C@@H]1C[C@H](C)CC/C=C\[C@@H]2C[C@@]2(C(=O)NS(=O)(=O)C2(CF)CC2)NC(=O)[C@@H]2C[C@@H](Oc3nccc4c5c(ccc34)OCCO5)CN2C(=O)C1NC(=O)OC(C)(C)C(F)(F)F. The fourth-order valence-corrected chi connectivity index (χ4v) is 9.83. The average Bonchev–Trinajstić information content (AvgIpc) is 4.11. The number of rotatable bonds is 9. The second kappa shape index (κ2) is 16.4. The summed E-state index contributed by atoms with van der Waals surface area (Å²) in [7, 11) is -4.47. The maximum atomic E-state index is 14.9. The molecule has 5 aliphatic rings. The zero-order chi connectivity index (χ0) is 44.1. The van der Waals surface area contributed by atoms with Gasteiger partial charge in [0, 0.05) is 29.3 Å². The molecule has 3 aliphatic heterocycles. The molecule has 3 N–H and O–H groups in total. The predicted molar refractivity (Wildman–Crippen MR) is 211 cm³/mol. The van der Waals surface area contributed by atoms with Gasteiger partial charge in [0.05, 0.1) is 6.54 Å². The standard InChI is InChI=1S/C41H51F4N5O10S/c1-5-24-18-23(2)8-6-7-9-25-20-40(25,36(53)49-61(55,56)39(22-42)13-14-39)48-33(51)29-19-26(21-50(29)35(52)31(24)47-37(54)60-38(3,4)41(43,44)45)59-34-28-10-11-30-32(58-17-16-57-30)27(28)12-15-46-34/h7,9-12,15,23-26,29,31H,5-6,8,13-14,16-22H2,1-4H3,(H,47,54)(H,48,51)(H,49,53)/b9-7-/t23-,24-,25-,26-,29+,31?,40-/m1/s1. The predicted octanol–water partition coefficient (Wildman–Crippen LogP) is 5.02. The van der Waals surface area contributed by atoms with Crippen LogP contribution in [0.1, 0.15) is 79.1 Å². The fourth-order valence-electron chi connectivity index (χ4n) is 8.41. The number of amides is 4. The minimum atomic E-state index is -4.94. The van der Waals surface area contributed by atoms with Gasteiger partial charge in [-0.1, -0.05) is 32.4 Å². The Bertz CT molecular complexity index is 2200. The third-order valence-electron chi connectivity index (χ3n) is 12.6. The number of benzene rings is 1.